The summed E-state index contributed by atoms with van der Waals surface area (Å²) in [5.74, 6) is 2.30. The number of sulfonamides is 1. The SMILES string of the molecule is CS(=O)(=O)NC1CCCN(CC(=O)Nc2cccc(CN3CCSCC3)c2)C1. The summed E-state index contributed by atoms with van der Waals surface area (Å²) in [7, 11) is -3.22. The van der Waals surface area contributed by atoms with Crippen LogP contribution in [0, 0.1) is 0 Å². The second-order valence-corrected chi connectivity index (χ2v) is 10.6. The smallest absolute Gasteiger partial charge is 0.238 e. The van der Waals surface area contributed by atoms with Crippen LogP contribution in [0.2, 0.25) is 0 Å². The zero-order valence-corrected chi connectivity index (χ0v) is 18.0. The van der Waals surface area contributed by atoms with Gasteiger partial charge >= 0.3 is 0 Å². The molecule has 2 aliphatic rings. The highest BCUT2D eigenvalue weighted by molar-refractivity contribution is 7.99. The summed E-state index contributed by atoms with van der Waals surface area (Å²) in [6.45, 7) is 4.78. The van der Waals surface area contributed by atoms with Crippen LogP contribution in [-0.4, -0.2) is 80.7 Å². The summed E-state index contributed by atoms with van der Waals surface area (Å²) >= 11 is 2.00. The van der Waals surface area contributed by atoms with Gasteiger partial charge in [-0.3, -0.25) is 14.6 Å². The van der Waals surface area contributed by atoms with Gasteiger partial charge in [0.1, 0.15) is 0 Å². The molecular formula is C19H30N4O3S2. The summed E-state index contributed by atoms with van der Waals surface area (Å²) in [6, 6.07) is 7.92. The fourth-order valence-electron chi connectivity index (χ4n) is 3.77. The predicted molar refractivity (Wildman–Crippen MR) is 115 cm³/mol. The number of amides is 1. The van der Waals surface area contributed by atoms with Crippen LogP contribution < -0.4 is 10.0 Å². The number of anilines is 1. The van der Waals surface area contributed by atoms with E-state index in [9.17, 15) is 13.2 Å². The molecule has 2 saturated heterocycles. The van der Waals surface area contributed by atoms with Crippen LogP contribution in [0.3, 0.4) is 0 Å². The van der Waals surface area contributed by atoms with Gasteiger partial charge in [0.25, 0.3) is 0 Å². The van der Waals surface area contributed by atoms with Gasteiger partial charge < -0.3 is 5.32 Å². The normalized spacial score (nSPS) is 22.1. The molecule has 0 saturated carbocycles. The third-order valence-electron chi connectivity index (χ3n) is 4.97. The largest absolute Gasteiger partial charge is 0.325 e. The fraction of sp³-hybridized carbons (Fsp3) is 0.632. The lowest BCUT2D eigenvalue weighted by atomic mass is 10.1. The lowest BCUT2D eigenvalue weighted by Gasteiger charge is -2.32. The Labute approximate surface area is 172 Å². The predicted octanol–water partition coefficient (Wildman–Crippen LogP) is 1.19. The van der Waals surface area contributed by atoms with E-state index in [2.05, 4.69) is 21.0 Å². The third-order valence-corrected chi connectivity index (χ3v) is 6.68. The molecule has 1 aromatic carbocycles. The number of hydrogen-bond donors (Lipinski definition) is 2. The molecule has 0 bridgehead atoms. The number of piperidine rings is 1. The average Bonchev–Trinajstić information content (AvgIpc) is 2.61. The quantitative estimate of drug-likeness (QED) is 0.682. The summed E-state index contributed by atoms with van der Waals surface area (Å²) in [4.78, 5) is 16.9. The Hall–Kier alpha value is -1.13. The molecule has 28 heavy (non-hydrogen) atoms. The van der Waals surface area contributed by atoms with Crippen molar-refractivity contribution >= 4 is 33.4 Å². The average molecular weight is 427 g/mol. The van der Waals surface area contributed by atoms with Gasteiger partial charge in [0.05, 0.1) is 12.8 Å². The minimum absolute atomic E-state index is 0.0634. The van der Waals surface area contributed by atoms with E-state index in [1.54, 1.807) is 0 Å². The minimum atomic E-state index is -3.22. The molecule has 0 radical (unpaired) electrons. The number of nitrogens with one attached hydrogen (secondary N) is 2. The maximum absolute atomic E-state index is 12.5. The van der Waals surface area contributed by atoms with E-state index in [4.69, 9.17) is 0 Å². The maximum atomic E-state index is 12.5. The van der Waals surface area contributed by atoms with E-state index in [0.29, 0.717) is 6.54 Å². The Morgan fingerprint density at radius 3 is 2.75 bits per heavy atom. The Balaban J connectivity index is 1.49. The number of thioether (sulfide) groups is 1. The molecule has 2 aliphatic heterocycles. The van der Waals surface area contributed by atoms with Crippen LogP contribution in [0.15, 0.2) is 24.3 Å². The van der Waals surface area contributed by atoms with Crippen molar-refractivity contribution in [2.75, 3.05) is 55.8 Å². The van der Waals surface area contributed by atoms with E-state index in [-0.39, 0.29) is 18.5 Å². The van der Waals surface area contributed by atoms with Crippen LogP contribution in [0.25, 0.3) is 0 Å². The first-order chi connectivity index (χ1) is 13.4. The van der Waals surface area contributed by atoms with Crippen LogP contribution in [0.1, 0.15) is 18.4 Å². The summed E-state index contributed by atoms with van der Waals surface area (Å²) in [5.41, 5.74) is 2.02. The Kier molecular flexibility index (Phi) is 7.76. The van der Waals surface area contributed by atoms with Crippen LogP contribution >= 0.6 is 11.8 Å². The molecule has 1 aromatic rings. The molecule has 2 fully saturated rings. The fourth-order valence-corrected chi connectivity index (χ4v) is 5.54. The standard InChI is InChI=1S/C19H30N4O3S2/c1-28(25,26)21-18-6-3-7-23(14-18)15-19(24)20-17-5-2-4-16(12-17)13-22-8-10-27-11-9-22/h2,4-5,12,18,21H,3,6-11,13-15H2,1H3,(H,20,24). The van der Waals surface area contributed by atoms with Crippen molar-refractivity contribution in [3.05, 3.63) is 29.8 Å². The van der Waals surface area contributed by atoms with Crippen molar-refractivity contribution in [3.63, 3.8) is 0 Å². The molecule has 1 atom stereocenters. The molecule has 0 aliphatic carbocycles. The highest BCUT2D eigenvalue weighted by atomic mass is 32.2. The number of likely N-dealkylation sites (tertiary alicyclic amines) is 1. The van der Waals surface area contributed by atoms with Gasteiger partial charge in [-0.05, 0) is 37.1 Å². The molecule has 9 heteroatoms. The number of nitrogens with zero attached hydrogens (tertiary/aromatic N) is 2. The Morgan fingerprint density at radius 1 is 1.21 bits per heavy atom. The van der Waals surface area contributed by atoms with E-state index in [0.717, 1.165) is 44.7 Å². The molecular weight excluding hydrogens is 396 g/mol. The van der Waals surface area contributed by atoms with Gasteiger partial charge in [-0.2, -0.15) is 11.8 Å². The van der Waals surface area contributed by atoms with Crippen molar-refractivity contribution in [2.45, 2.75) is 25.4 Å². The van der Waals surface area contributed by atoms with E-state index in [1.165, 1.54) is 23.3 Å². The number of benzene rings is 1. The molecule has 1 unspecified atom stereocenters. The first-order valence-electron chi connectivity index (χ1n) is 9.76. The summed E-state index contributed by atoms with van der Waals surface area (Å²) in [5, 5.41) is 2.99. The minimum Gasteiger partial charge on any atom is -0.325 e. The van der Waals surface area contributed by atoms with E-state index in [1.807, 2.05) is 34.9 Å². The van der Waals surface area contributed by atoms with Crippen LogP contribution in [0.5, 0.6) is 0 Å². The van der Waals surface area contributed by atoms with Crippen LogP contribution in [-0.2, 0) is 21.4 Å². The summed E-state index contributed by atoms with van der Waals surface area (Å²) in [6.07, 6.45) is 2.86. The second kappa shape index (κ2) is 10.1. The molecule has 7 nitrogen and oxygen atoms in total. The van der Waals surface area contributed by atoms with Crippen molar-refractivity contribution in [3.8, 4) is 0 Å². The van der Waals surface area contributed by atoms with Crippen molar-refractivity contribution in [1.82, 2.24) is 14.5 Å². The highest BCUT2D eigenvalue weighted by Crippen LogP contribution is 2.16. The maximum Gasteiger partial charge on any atom is 0.238 e. The first kappa shape index (κ1) is 21.6. The Morgan fingerprint density at radius 2 is 2.00 bits per heavy atom. The Bertz CT molecular complexity index is 766. The monoisotopic (exact) mass is 426 g/mol. The van der Waals surface area contributed by atoms with Crippen molar-refractivity contribution in [2.24, 2.45) is 0 Å². The van der Waals surface area contributed by atoms with Gasteiger partial charge in [0, 0.05) is 49.4 Å². The zero-order chi connectivity index (χ0) is 20.0. The van der Waals surface area contributed by atoms with Gasteiger partial charge in [-0.1, -0.05) is 12.1 Å². The molecule has 0 spiro atoms. The lowest BCUT2D eigenvalue weighted by Crippen LogP contribution is -2.49. The van der Waals surface area contributed by atoms with Gasteiger partial charge in [0.15, 0.2) is 0 Å². The number of hydrogen-bond acceptors (Lipinski definition) is 6. The number of carbonyl (C=O) groups is 1. The van der Waals surface area contributed by atoms with Crippen molar-refractivity contribution < 1.29 is 13.2 Å². The molecule has 3 rings (SSSR count). The van der Waals surface area contributed by atoms with Gasteiger partial charge in [-0.15, -0.1) is 0 Å². The molecule has 156 valence electrons. The van der Waals surface area contributed by atoms with E-state index < -0.39 is 10.0 Å². The number of rotatable bonds is 7. The highest BCUT2D eigenvalue weighted by Gasteiger charge is 2.23. The van der Waals surface area contributed by atoms with E-state index >= 15 is 0 Å². The topological polar surface area (TPSA) is 81.8 Å². The molecule has 2 heterocycles. The molecule has 0 aromatic heterocycles. The lowest BCUT2D eigenvalue weighted by molar-refractivity contribution is -0.117. The van der Waals surface area contributed by atoms with Crippen LogP contribution in [0.4, 0.5) is 5.69 Å². The number of carbonyl (C=O) groups excluding carboxylic acids is 1. The van der Waals surface area contributed by atoms with Gasteiger partial charge in [0.2, 0.25) is 15.9 Å². The molecule has 2 N–H and O–H groups in total. The first-order valence-corrected chi connectivity index (χ1v) is 12.8. The molecule has 1 amide bonds. The van der Waals surface area contributed by atoms with Crippen molar-refractivity contribution in [1.29, 1.82) is 0 Å². The second-order valence-electron chi connectivity index (χ2n) is 7.60. The zero-order valence-electron chi connectivity index (χ0n) is 16.4. The summed E-state index contributed by atoms with van der Waals surface area (Å²) < 4.78 is 25.5. The van der Waals surface area contributed by atoms with Gasteiger partial charge in [-0.25, -0.2) is 13.1 Å². The third kappa shape index (κ3) is 7.36.